The second-order valence-corrected chi connectivity index (χ2v) is 8.50. The van der Waals surface area contributed by atoms with Gasteiger partial charge >= 0.3 is 17.9 Å². The maximum atomic E-state index is 12.6. The second-order valence-electron chi connectivity index (χ2n) is 8.50. The van der Waals surface area contributed by atoms with Crippen LogP contribution in [0.1, 0.15) is 39.1 Å². The van der Waals surface area contributed by atoms with Crippen molar-refractivity contribution in [1.82, 2.24) is 0 Å². The molecule has 3 rings (SSSR count). The average molecular weight is 563 g/mol. The lowest BCUT2D eigenvalue weighted by Gasteiger charge is -2.11. The fourth-order valence-corrected chi connectivity index (χ4v) is 3.36. The molecule has 3 aromatic carbocycles. The molecule has 3 aromatic rings. The van der Waals surface area contributed by atoms with Gasteiger partial charge in [0.2, 0.25) is 0 Å². The Morgan fingerprint density at radius 3 is 1.78 bits per heavy atom. The predicted molar refractivity (Wildman–Crippen MR) is 147 cm³/mol. The summed E-state index contributed by atoms with van der Waals surface area (Å²) >= 11 is 0. The van der Waals surface area contributed by atoms with Gasteiger partial charge in [0.25, 0.3) is 6.47 Å². The minimum absolute atomic E-state index is 0.220. The van der Waals surface area contributed by atoms with E-state index in [0.29, 0.717) is 72.2 Å². The fourth-order valence-electron chi connectivity index (χ4n) is 3.36. The van der Waals surface area contributed by atoms with E-state index in [1.165, 1.54) is 6.07 Å². The van der Waals surface area contributed by atoms with Crippen molar-refractivity contribution in [3.05, 3.63) is 96.1 Å². The van der Waals surface area contributed by atoms with Crippen molar-refractivity contribution in [2.75, 3.05) is 26.4 Å². The van der Waals surface area contributed by atoms with Crippen LogP contribution in [0.3, 0.4) is 0 Å². The molecule has 0 spiro atoms. The molecule has 0 heterocycles. The van der Waals surface area contributed by atoms with Crippen LogP contribution in [0, 0.1) is 6.92 Å². The summed E-state index contributed by atoms with van der Waals surface area (Å²) in [6, 6.07) is 17.6. The number of esters is 3. The number of hydrogen-bond acceptors (Lipinski definition) is 10. The first-order valence-corrected chi connectivity index (χ1v) is 12.7. The standard InChI is InChI=1S/C31H30O10/c1-3-29(33)39-19-5-18-38-26-10-6-23(7-11-26)30(34)40-27-14-15-28(22(2)20-27)41-31(35)24-8-12-25(13-9-24)37-17-4-16-36-21-32/h3,6-15,20-21H,1,4-5,16-19H2,2H3. The topological polar surface area (TPSA) is 124 Å². The van der Waals surface area contributed by atoms with Gasteiger partial charge in [-0.25, -0.2) is 14.4 Å². The lowest BCUT2D eigenvalue weighted by atomic mass is 10.2. The van der Waals surface area contributed by atoms with E-state index < -0.39 is 17.9 Å². The number of rotatable bonds is 16. The molecule has 0 fully saturated rings. The van der Waals surface area contributed by atoms with E-state index in [0.717, 1.165) is 6.08 Å². The van der Waals surface area contributed by atoms with Gasteiger partial charge in [0.05, 0.1) is 37.6 Å². The molecule has 0 radical (unpaired) electrons. The lowest BCUT2D eigenvalue weighted by Crippen LogP contribution is -2.11. The molecule has 0 aliphatic carbocycles. The molecule has 41 heavy (non-hydrogen) atoms. The van der Waals surface area contributed by atoms with Crippen LogP contribution in [0.4, 0.5) is 0 Å². The highest BCUT2D eigenvalue weighted by Gasteiger charge is 2.14. The molecule has 0 aliphatic heterocycles. The van der Waals surface area contributed by atoms with Gasteiger partial charge in [0.1, 0.15) is 23.0 Å². The third-order valence-electron chi connectivity index (χ3n) is 5.45. The number of aryl methyl sites for hydroxylation is 1. The quantitative estimate of drug-likeness (QED) is 0.0785. The molecule has 0 aliphatic rings. The monoisotopic (exact) mass is 562 g/mol. The first-order valence-electron chi connectivity index (χ1n) is 12.7. The second kappa shape index (κ2) is 16.1. The van der Waals surface area contributed by atoms with E-state index in [2.05, 4.69) is 11.3 Å². The lowest BCUT2D eigenvalue weighted by molar-refractivity contribution is -0.138. The van der Waals surface area contributed by atoms with E-state index in [9.17, 15) is 19.2 Å². The van der Waals surface area contributed by atoms with Gasteiger partial charge in [-0.2, -0.15) is 0 Å². The maximum Gasteiger partial charge on any atom is 0.343 e. The highest BCUT2D eigenvalue weighted by atomic mass is 16.5. The van der Waals surface area contributed by atoms with Crippen LogP contribution < -0.4 is 18.9 Å². The van der Waals surface area contributed by atoms with Gasteiger partial charge < -0.3 is 28.4 Å². The zero-order chi connectivity index (χ0) is 29.5. The Hall–Kier alpha value is -5.12. The number of ether oxygens (including phenoxy) is 6. The van der Waals surface area contributed by atoms with Crippen LogP contribution in [0.25, 0.3) is 0 Å². The molecule has 214 valence electrons. The molecule has 0 atom stereocenters. The first-order chi connectivity index (χ1) is 19.9. The number of carbonyl (C=O) groups is 4. The summed E-state index contributed by atoms with van der Waals surface area (Å²) in [4.78, 5) is 46.3. The molecule has 0 N–H and O–H groups in total. The summed E-state index contributed by atoms with van der Waals surface area (Å²) in [5, 5.41) is 0. The van der Waals surface area contributed by atoms with Crippen molar-refractivity contribution in [1.29, 1.82) is 0 Å². The zero-order valence-electron chi connectivity index (χ0n) is 22.5. The Kier molecular flexibility index (Phi) is 11.9. The zero-order valence-corrected chi connectivity index (χ0v) is 22.5. The Morgan fingerprint density at radius 1 is 0.707 bits per heavy atom. The van der Waals surface area contributed by atoms with Crippen molar-refractivity contribution < 1.29 is 47.6 Å². The van der Waals surface area contributed by atoms with Crippen molar-refractivity contribution in [2.45, 2.75) is 19.8 Å². The normalized spacial score (nSPS) is 10.2. The summed E-state index contributed by atoms with van der Waals surface area (Å²) in [7, 11) is 0. The summed E-state index contributed by atoms with van der Waals surface area (Å²) in [5.74, 6) is 0.152. The Balaban J connectivity index is 1.47. The SMILES string of the molecule is C=CC(=O)OCCCOc1ccc(C(=O)Oc2ccc(OC(=O)c3ccc(OCCCOC=O)cc3)c(C)c2)cc1. The van der Waals surface area contributed by atoms with Crippen LogP contribution in [-0.4, -0.2) is 50.8 Å². The van der Waals surface area contributed by atoms with Crippen molar-refractivity contribution in [2.24, 2.45) is 0 Å². The van der Waals surface area contributed by atoms with Gasteiger partial charge in [0.15, 0.2) is 0 Å². The van der Waals surface area contributed by atoms with Gasteiger partial charge in [-0.15, -0.1) is 0 Å². The predicted octanol–water partition coefficient (Wildman–Crippen LogP) is 4.87. The van der Waals surface area contributed by atoms with Crippen LogP contribution in [0.5, 0.6) is 23.0 Å². The largest absolute Gasteiger partial charge is 0.493 e. The third-order valence-corrected chi connectivity index (χ3v) is 5.45. The molecule has 10 heteroatoms. The fraction of sp³-hybridized carbons (Fsp3) is 0.226. The van der Waals surface area contributed by atoms with Gasteiger partial charge in [-0.1, -0.05) is 6.58 Å². The van der Waals surface area contributed by atoms with Crippen LogP contribution in [0.15, 0.2) is 79.4 Å². The molecular formula is C31H30O10. The number of hydrogen-bond donors (Lipinski definition) is 0. The highest BCUT2D eigenvalue weighted by Crippen LogP contribution is 2.25. The van der Waals surface area contributed by atoms with Gasteiger partial charge in [-0.05, 0) is 79.2 Å². The highest BCUT2D eigenvalue weighted by molar-refractivity contribution is 5.92. The smallest absolute Gasteiger partial charge is 0.343 e. The summed E-state index contributed by atoms with van der Waals surface area (Å²) in [5.41, 5.74) is 1.26. The van der Waals surface area contributed by atoms with E-state index >= 15 is 0 Å². The molecule has 10 nitrogen and oxygen atoms in total. The number of carbonyl (C=O) groups excluding carboxylic acids is 4. The summed E-state index contributed by atoms with van der Waals surface area (Å²) in [6.45, 7) is 6.64. The minimum Gasteiger partial charge on any atom is -0.493 e. The molecule has 0 saturated carbocycles. The number of benzene rings is 3. The maximum absolute atomic E-state index is 12.6. The van der Waals surface area contributed by atoms with Crippen LogP contribution in [-0.2, 0) is 19.1 Å². The van der Waals surface area contributed by atoms with E-state index in [4.69, 9.17) is 23.7 Å². The summed E-state index contributed by atoms with van der Waals surface area (Å²) < 4.78 is 31.5. The summed E-state index contributed by atoms with van der Waals surface area (Å²) in [6.07, 6.45) is 2.16. The minimum atomic E-state index is -0.560. The van der Waals surface area contributed by atoms with Crippen molar-refractivity contribution in [3.8, 4) is 23.0 Å². The molecule has 0 saturated heterocycles. The third kappa shape index (κ3) is 10.2. The van der Waals surface area contributed by atoms with Crippen LogP contribution >= 0.6 is 0 Å². The van der Waals surface area contributed by atoms with Crippen molar-refractivity contribution in [3.63, 3.8) is 0 Å². The molecule has 0 bridgehead atoms. The molecule has 0 amide bonds. The Morgan fingerprint density at radius 2 is 1.24 bits per heavy atom. The van der Waals surface area contributed by atoms with E-state index in [1.54, 1.807) is 67.6 Å². The van der Waals surface area contributed by atoms with E-state index in [1.807, 2.05) is 0 Å². The molecule has 0 aromatic heterocycles. The molecular weight excluding hydrogens is 532 g/mol. The van der Waals surface area contributed by atoms with Crippen molar-refractivity contribution >= 4 is 24.4 Å². The van der Waals surface area contributed by atoms with E-state index in [-0.39, 0.29) is 13.2 Å². The first kappa shape index (κ1) is 30.4. The van der Waals surface area contributed by atoms with Gasteiger partial charge in [-0.3, -0.25) is 4.79 Å². The average Bonchev–Trinajstić information content (AvgIpc) is 2.98. The molecule has 0 unspecified atom stereocenters. The Labute approximate surface area is 237 Å². The Bertz CT molecular complexity index is 1330. The van der Waals surface area contributed by atoms with Gasteiger partial charge in [0, 0.05) is 18.9 Å². The van der Waals surface area contributed by atoms with Crippen LogP contribution in [0.2, 0.25) is 0 Å².